The Labute approximate surface area is 152 Å². The number of hydrogen-bond acceptors (Lipinski definition) is 3. The zero-order valence-corrected chi connectivity index (χ0v) is 15.0. The summed E-state index contributed by atoms with van der Waals surface area (Å²) in [5, 5.41) is 7.35. The van der Waals surface area contributed by atoms with Gasteiger partial charge >= 0.3 is 0 Å². The van der Waals surface area contributed by atoms with Crippen LogP contribution in [0.1, 0.15) is 23.6 Å². The summed E-state index contributed by atoms with van der Waals surface area (Å²) in [4.78, 5) is 12.5. The molecule has 132 valence electrons. The van der Waals surface area contributed by atoms with E-state index in [-0.39, 0.29) is 12.5 Å². The van der Waals surface area contributed by atoms with E-state index in [2.05, 4.69) is 23.4 Å². The Hall–Kier alpha value is -3.08. The zero-order valence-electron chi connectivity index (χ0n) is 15.0. The first-order chi connectivity index (χ1) is 12.6. The van der Waals surface area contributed by atoms with Crippen molar-refractivity contribution in [2.24, 2.45) is 0 Å². The van der Waals surface area contributed by atoms with Crippen molar-refractivity contribution in [3.05, 3.63) is 65.4 Å². The summed E-state index contributed by atoms with van der Waals surface area (Å²) in [6, 6.07) is 14.0. The molecule has 2 heterocycles. The van der Waals surface area contributed by atoms with Crippen LogP contribution < -0.4 is 10.1 Å². The summed E-state index contributed by atoms with van der Waals surface area (Å²) in [7, 11) is 0. The van der Waals surface area contributed by atoms with E-state index in [9.17, 15) is 4.79 Å². The molecule has 5 nitrogen and oxygen atoms in total. The predicted molar refractivity (Wildman–Crippen MR) is 101 cm³/mol. The van der Waals surface area contributed by atoms with E-state index < -0.39 is 0 Å². The van der Waals surface area contributed by atoms with Gasteiger partial charge in [-0.15, -0.1) is 0 Å². The third kappa shape index (κ3) is 3.08. The number of fused-ring (bicyclic) bond motifs is 3. The van der Waals surface area contributed by atoms with E-state index >= 15 is 0 Å². The van der Waals surface area contributed by atoms with E-state index in [1.165, 1.54) is 5.56 Å². The SMILES string of the molecule is CCc1ccc(NC(=O)Cn2ncc3c2-c2cc(C)ccc2OC3)cc1. The summed E-state index contributed by atoms with van der Waals surface area (Å²) >= 11 is 0. The van der Waals surface area contributed by atoms with Crippen LogP contribution in [-0.4, -0.2) is 15.7 Å². The normalized spacial score (nSPS) is 12.1. The minimum absolute atomic E-state index is 0.0964. The second-order valence-electron chi connectivity index (χ2n) is 6.56. The van der Waals surface area contributed by atoms with Gasteiger partial charge < -0.3 is 10.1 Å². The molecule has 1 N–H and O–H groups in total. The van der Waals surface area contributed by atoms with Gasteiger partial charge in [0.1, 0.15) is 18.9 Å². The summed E-state index contributed by atoms with van der Waals surface area (Å²) < 4.78 is 7.54. The van der Waals surface area contributed by atoms with Crippen LogP contribution in [0, 0.1) is 6.92 Å². The van der Waals surface area contributed by atoms with Crippen LogP contribution in [0.2, 0.25) is 0 Å². The highest BCUT2D eigenvalue weighted by atomic mass is 16.5. The highest BCUT2D eigenvalue weighted by molar-refractivity contribution is 5.91. The topological polar surface area (TPSA) is 56.2 Å². The van der Waals surface area contributed by atoms with Crippen molar-refractivity contribution in [1.29, 1.82) is 0 Å². The monoisotopic (exact) mass is 347 g/mol. The first-order valence-corrected chi connectivity index (χ1v) is 8.81. The van der Waals surface area contributed by atoms with Gasteiger partial charge in [0.2, 0.25) is 5.91 Å². The molecule has 0 radical (unpaired) electrons. The smallest absolute Gasteiger partial charge is 0.246 e. The molecule has 26 heavy (non-hydrogen) atoms. The van der Waals surface area contributed by atoms with Gasteiger partial charge in [0.05, 0.1) is 11.9 Å². The fourth-order valence-electron chi connectivity index (χ4n) is 3.23. The van der Waals surface area contributed by atoms with Crippen LogP contribution in [-0.2, 0) is 24.4 Å². The summed E-state index contributed by atoms with van der Waals surface area (Å²) in [5.41, 5.74) is 6.15. The molecule has 0 saturated carbocycles. The molecule has 0 spiro atoms. The van der Waals surface area contributed by atoms with Crippen molar-refractivity contribution in [1.82, 2.24) is 9.78 Å². The Bertz CT molecular complexity index is 958. The van der Waals surface area contributed by atoms with Gasteiger partial charge in [-0.3, -0.25) is 9.48 Å². The van der Waals surface area contributed by atoms with Crippen molar-refractivity contribution in [2.75, 3.05) is 5.32 Å². The van der Waals surface area contributed by atoms with Gasteiger partial charge in [-0.1, -0.05) is 30.7 Å². The van der Waals surface area contributed by atoms with Gasteiger partial charge in [0, 0.05) is 16.8 Å². The summed E-state index contributed by atoms with van der Waals surface area (Å²) in [6.45, 7) is 4.80. The zero-order chi connectivity index (χ0) is 18.1. The van der Waals surface area contributed by atoms with Crippen LogP contribution >= 0.6 is 0 Å². The summed E-state index contributed by atoms with van der Waals surface area (Å²) in [6.07, 6.45) is 2.76. The second kappa shape index (κ2) is 6.67. The number of nitrogens with one attached hydrogen (secondary N) is 1. The lowest BCUT2D eigenvalue weighted by molar-refractivity contribution is -0.116. The number of carbonyl (C=O) groups is 1. The fraction of sp³-hybridized carbons (Fsp3) is 0.238. The Morgan fingerprint density at radius 2 is 2.04 bits per heavy atom. The average molecular weight is 347 g/mol. The Morgan fingerprint density at radius 1 is 1.23 bits per heavy atom. The largest absolute Gasteiger partial charge is 0.488 e. The third-order valence-electron chi connectivity index (χ3n) is 4.63. The second-order valence-corrected chi connectivity index (χ2v) is 6.56. The van der Waals surface area contributed by atoms with Crippen LogP contribution in [0.15, 0.2) is 48.7 Å². The lowest BCUT2D eigenvalue weighted by Crippen LogP contribution is -2.21. The number of amides is 1. The lowest BCUT2D eigenvalue weighted by Gasteiger charge is -2.19. The van der Waals surface area contributed by atoms with Crippen molar-refractivity contribution < 1.29 is 9.53 Å². The number of anilines is 1. The predicted octanol–water partition coefficient (Wildman–Crippen LogP) is 3.95. The number of hydrogen-bond donors (Lipinski definition) is 1. The molecule has 0 aliphatic carbocycles. The highest BCUT2D eigenvalue weighted by Gasteiger charge is 2.23. The molecule has 3 aromatic rings. The minimum Gasteiger partial charge on any atom is -0.488 e. The number of aromatic nitrogens is 2. The first-order valence-electron chi connectivity index (χ1n) is 8.81. The molecular formula is C21H21N3O2. The van der Waals surface area contributed by atoms with Gasteiger partial charge in [-0.25, -0.2) is 0 Å². The number of nitrogens with zero attached hydrogens (tertiary/aromatic N) is 2. The van der Waals surface area contributed by atoms with Crippen LogP contribution in [0.5, 0.6) is 5.75 Å². The molecular weight excluding hydrogens is 326 g/mol. The van der Waals surface area contributed by atoms with Crippen LogP contribution in [0.25, 0.3) is 11.3 Å². The molecule has 1 amide bonds. The van der Waals surface area contributed by atoms with Gasteiger partial charge in [-0.05, 0) is 43.2 Å². The van der Waals surface area contributed by atoms with E-state index in [1.807, 2.05) is 43.3 Å². The van der Waals surface area contributed by atoms with Crippen LogP contribution in [0.4, 0.5) is 5.69 Å². The van der Waals surface area contributed by atoms with Crippen LogP contribution in [0.3, 0.4) is 0 Å². The van der Waals surface area contributed by atoms with Crippen molar-refractivity contribution in [3.8, 4) is 17.0 Å². The van der Waals surface area contributed by atoms with E-state index in [4.69, 9.17) is 4.74 Å². The molecule has 5 heteroatoms. The van der Waals surface area contributed by atoms with E-state index in [0.717, 1.165) is 40.2 Å². The number of benzene rings is 2. The van der Waals surface area contributed by atoms with E-state index in [1.54, 1.807) is 10.9 Å². The van der Waals surface area contributed by atoms with E-state index in [0.29, 0.717) is 6.61 Å². The maximum Gasteiger partial charge on any atom is 0.246 e. The third-order valence-corrected chi connectivity index (χ3v) is 4.63. The molecule has 0 saturated heterocycles. The Morgan fingerprint density at radius 3 is 2.81 bits per heavy atom. The van der Waals surface area contributed by atoms with Gasteiger partial charge in [0.15, 0.2) is 0 Å². The summed E-state index contributed by atoms with van der Waals surface area (Å²) in [5.74, 6) is 0.737. The molecule has 0 fully saturated rings. The van der Waals surface area contributed by atoms with Gasteiger partial charge in [-0.2, -0.15) is 5.10 Å². The Balaban J connectivity index is 1.56. The Kier molecular flexibility index (Phi) is 4.21. The molecule has 0 unspecified atom stereocenters. The average Bonchev–Trinajstić information content (AvgIpc) is 3.05. The lowest BCUT2D eigenvalue weighted by atomic mass is 10.0. The minimum atomic E-state index is -0.0964. The molecule has 1 aliphatic rings. The standard InChI is InChI=1S/C21H21N3O2/c1-3-15-5-7-17(8-6-15)23-20(25)12-24-21-16(11-22-24)13-26-19-9-4-14(2)10-18(19)21/h4-11H,3,12-13H2,1-2H3,(H,23,25). The number of ether oxygens (including phenoxy) is 1. The maximum absolute atomic E-state index is 12.5. The molecule has 4 rings (SSSR count). The van der Waals surface area contributed by atoms with Crippen molar-refractivity contribution >= 4 is 11.6 Å². The molecule has 1 aromatic heterocycles. The fourth-order valence-corrected chi connectivity index (χ4v) is 3.23. The van der Waals surface area contributed by atoms with Gasteiger partial charge in [0.25, 0.3) is 0 Å². The number of aryl methyl sites for hydroxylation is 2. The first kappa shape index (κ1) is 16.4. The number of carbonyl (C=O) groups excluding carboxylic acids is 1. The molecule has 1 aliphatic heterocycles. The van der Waals surface area contributed by atoms with Crippen molar-refractivity contribution in [2.45, 2.75) is 33.4 Å². The molecule has 0 bridgehead atoms. The quantitative estimate of drug-likeness (QED) is 0.777. The number of rotatable bonds is 4. The van der Waals surface area contributed by atoms with Crippen molar-refractivity contribution in [3.63, 3.8) is 0 Å². The highest BCUT2D eigenvalue weighted by Crippen LogP contribution is 2.37. The molecule has 0 atom stereocenters. The molecule has 2 aromatic carbocycles. The maximum atomic E-state index is 12.5.